The Hall–Kier alpha value is -7.80. The highest BCUT2D eigenvalue weighted by Gasteiger charge is 2.37. The Morgan fingerprint density at radius 3 is 0.604 bits per heavy atom. The average molecular weight is 667 g/mol. The summed E-state index contributed by atoms with van der Waals surface area (Å²) in [6.07, 6.45) is 0. The predicted octanol–water partition coefficient (Wildman–Crippen LogP) is 6.02. The zero-order chi connectivity index (χ0) is 35.6. The highest BCUT2D eigenvalue weighted by molar-refractivity contribution is 5.14. The predicted molar refractivity (Wildman–Crippen MR) is 156 cm³/mol. The van der Waals surface area contributed by atoms with Gasteiger partial charge in [0.15, 0.2) is 0 Å². The van der Waals surface area contributed by atoms with Crippen LogP contribution in [0.5, 0.6) is 18.0 Å². The molecule has 0 bridgehead atoms. The Morgan fingerprint density at radius 1 is 0.333 bits per heavy atom. The lowest BCUT2D eigenvalue weighted by Gasteiger charge is -2.32. The van der Waals surface area contributed by atoms with Gasteiger partial charge in [0, 0.05) is 44.2 Å². The molecule has 33 nitrogen and oxygen atoms in total. The summed E-state index contributed by atoms with van der Waals surface area (Å²) in [5.41, 5.74) is 74.5. The lowest BCUT2D eigenvalue weighted by atomic mass is 10.1. The summed E-state index contributed by atoms with van der Waals surface area (Å²) in [5, 5.41) is 30.5. The van der Waals surface area contributed by atoms with Crippen LogP contribution in [-0.4, -0.2) is 90.7 Å². The van der Waals surface area contributed by atoms with Crippen molar-refractivity contribution in [3.63, 3.8) is 0 Å². The van der Waals surface area contributed by atoms with Crippen molar-refractivity contribution in [1.82, 2.24) is 15.0 Å². The molecule has 1 aromatic rings. The minimum atomic E-state index is -1.95. The van der Waals surface area contributed by atoms with E-state index in [1.54, 1.807) is 0 Å². The van der Waals surface area contributed by atoms with Crippen LogP contribution >= 0.6 is 0 Å². The zero-order valence-electron chi connectivity index (χ0n) is 24.0. The van der Waals surface area contributed by atoms with Crippen molar-refractivity contribution in [2.45, 2.75) is 16.8 Å². The summed E-state index contributed by atoms with van der Waals surface area (Å²) < 4.78 is 17.4. The molecule has 0 fully saturated rings. The fraction of sp³-hybridized carbons (Fsp3) is 0.800. The summed E-state index contributed by atoms with van der Waals surface area (Å²) in [4.78, 5) is 35.4. The molecule has 0 N–H and O–H groups in total. The Bertz CT molecular complexity index is 1350. The van der Waals surface area contributed by atoms with E-state index in [1.807, 2.05) is 0 Å². The molecule has 0 amide bonds. The lowest BCUT2D eigenvalue weighted by molar-refractivity contribution is 0.0522. The van der Waals surface area contributed by atoms with E-state index in [0.29, 0.717) is 0 Å². The Morgan fingerprint density at radius 2 is 0.479 bits per heavy atom. The van der Waals surface area contributed by atoms with Gasteiger partial charge < -0.3 is 14.2 Å². The van der Waals surface area contributed by atoms with Gasteiger partial charge >= 0.3 is 18.0 Å². The first kappa shape index (κ1) is 38.2. The van der Waals surface area contributed by atoms with Crippen molar-refractivity contribution in [1.29, 1.82) is 0 Å². The molecule has 0 spiro atoms. The lowest BCUT2D eigenvalue weighted by Crippen LogP contribution is -2.48. The SMILES string of the molecule is [N-]=[N+]=NCC(CN=[N+]=[N-])(CN=[N+]=[N-])Oc1nc(OC(CN=[N+]=[N-])(CN=[N+]=[N-])CN=[N+]=[N-])nc(OC(CN=[N+]=[N-])(CN=[N+]=[N-])CN=[N+]=[N-])n1. The standard InChI is InChI=1S/C15H18N30O3/c16-37-25-1-13(2-26-38-17,3-27-39-18)46-10-34-11(47-14(4-28-40-19,5-29-41-20)6-30-42-21)36-12(35-10)48-15(7-31-43-22,8-32-44-23)9-33-45-24/h1-9H2. The van der Waals surface area contributed by atoms with Crippen molar-refractivity contribution in [2.75, 3.05) is 58.9 Å². The van der Waals surface area contributed by atoms with E-state index in [4.69, 9.17) is 64.0 Å². The summed E-state index contributed by atoms with van der Waals surface area (Å²) in [5.74, 6) is 0. The van der Waals surface area contributed by atoms with Crippen molar-refractivity contribution < 1.29 is 14.2 Å². The normalized spacial score (nSPS) is 13.0. The number of aromatic nitrogens is 3. The van der Waals surface area contributed by atoms with Gasteiger partial charge in [0.2, 0.25) is 0 Å². The molecule has 0 aliphatic carbocycles. The van der Waals surface area contributed by atoms with E-state index < -0.39 is 93.7 Å². The molecule has 1 aromatic heterocycles. The number of rotatable bonds is 24. The Labute approximate surface area is 263 Å². The molecule has 0 aliphatic heterocycles. The van der Waals surface area contributed by atoms with Gasteiger partial charge in [-0.1, -0.05) is 46.0 Å². The molecule has 33 heteroatoms. The van der Waals surface area contributed by atoms with E-state index in [2.05, 4.69) is 105 Å². The minimum Gasteiger partial charge on any atom is -0.456 e. The average Bonchev–Trinajstić information content (AvgIpc) is 3.09. The second kappa shape index (κ2) is 21.0. The van der Waals surface area contributed by atoms with Crippen molar-refractivity contribution in [2.24, 2.45) is 46.0 Å². The molecule has 0 saturated carbocycles. The minimum absolute atomic E-state index is 0.636. The third-order valence-electron chi connectivity index (χ3n) is 5.30. The van der Waals surface area contributed by atoms with Gasteiger partial charge in [0.1, 0.15) is 16.8 Å². The van der Waals surface area contributed by atoms with Gasteiger partial charge in [-0.2, -0.15) is 0 Å². The van der Waals surface area contributed by atoms with Gasteiger partial charge in [-0.25, -0.2) is 0 Å². The number of hydrogen-bond acceptors (Lipinski definition) is 15. The fourth-order valence-electron chi connectivity index (χ4n) is 3.22. The summed E-state index contributed by atoms with van der Waals surface area (Å²) in [7, 11) is 0. The Balaban J connectivity index is 4.14. The first-order valence-corrected chi connectivity index (χ1v) is 12.2. The van der Waals surface area contributed by atoms with Crippen LogP contribution in [0.4, 0.5) is 0 Å². The smallest absolute Gasteiger partial charge is 0.326 e. The first-order valence-electron chi connectivity index (χ1n) is 12.2. The van der Waals surface area contributed by atoms with E-state index in [1.165, 1.54) is 0 Å². The first-order chi connectivity index (χ1) is 23.3. The fourth-order valence-corrected chi connectivity index (χ4v) is 3.22. The molecule has 0 aliphatic rings. The highest BCUT2D eigenvalue weighted by Crippen LogP contribution is 2.27. The second-order valence-corrected chi connectivity index (χ2v) is 8.54. The van der Waals surface area contributed by atoms with E-state index in [-0.39, 0.29) is 0 Å². The second-order valence-electron chi connectivity index (χ2n) is 8.54. The van der Waals surface area contributed by atoms with E-state index >= 15 is 0 Å². The molecule has 0 atom stereocenters. The van der Waals surface area contributed by atoms with Crippen molar-refractivity contribution in [3.8, 4) is 18.0 Å². The Kier molecular flexibility index (Phi) is 16.7. The topological polar surface area (TPSA) is 505 Å². The van der Waals surface area contributed by atoms with Crippen LogP contribution in [-0.2, 0) is 0 Å². The van der Waals surface area contributed by atoms with Gasteiger partial charge in [-0.3, -0.25) is 0 Å². The number of azide groups is 9. The number of ether oxygens (including phenoxy) is 3. The summed E-state index contributed by atoms with van der Waals surface area (Å²) >= 11 is 0. The summed E-state index contributed by atoms with van der Waals surface area (Å²) in [6.45, 7) is -5.73. The molecular weight excluding hydrogens is 648 g/mol. The van der Waals surface area contributed by atoms with Gasteiger partial charge in [-0.15, -0.1) is 15.0 Å². The maximum absolute atomic E-state index is 8.92. The van der Waals surface area contributed by atoms with Crippen LogP contribution in [0.2, 0.25) is 0 Å². The maximum Gasteiger partial charge on any atom is 0.326 e. The van der Waals surface area contributed by atoms with Crippen molar-refractivity contribution >= 4 is 0 Å². The molecule has 1 rings (SSSR count). The van der Waals surface area contributed by atoms with Crippen molar-refractivity contribution in [3.05, 3.63) is 94.0 Å². The van der Waals surface area contributed by atoms with E-state index in [0.717, 1.165) is 0 Å². The highest BCUT2D eigenvalue weighted by atomic mass is 16.6. The largest absolute Gasteiger partial charge is 0.456 e. The monoisotopic (exact) mass is 666 g/mol. The van der Waals surface area contributed by atoms with Crippen LogP contribution in [0, 0.1) is 0 Å². The third kappa shape index (κ3) is 12.8. The number of hydrogen-bond donors (Lipinski definition) is 0. The molecule has 246 valence electrons. The van der Waals surface area contributed by atoms with Crippen LogP contribution < -0.4 is 14.2 Å². The van der Waals surface area contributed by atoms with Gasteiger partial charge in [0.25, 0.3) is 0 Å². The van der Waals surface area contributed by atoms with Gasteiger partial charge in [-0.05, 0) is 49.8 Å². The molecule has 0 saturated heterocycles. The molecule has 1 heterocycles. The summed E-state index contributed by atoms with van der Waals surface area (Å²) in [6, 6.07) is -2.33. The third-order valence-corrected chi connectivity index (χ3v) is 5.30. The van der Waals surface area contributed by atoms with Crippen LogP contribution in [0.15, 0.2) is 46.0 Å². The molecule has 48 heavy (non-hydrogen) atoms. The molecule has 0 aromatic carbocycles. The van der Waals surface area contributed by atoms with E-state index in [9.17, 15) is 0 Å². The zero-order valence-corrected chi connectivity index (χ0v) is 24.0. The van der Waals surface area contributed by atoms with Gasteiger partial charge in [0.05, 0.1) is 58.9 Å². The molecule has 0 radical (unpaired) electrons. The maximum atomic E-state index is 8.92. The van der Waals surface area contributed by atoms with Crippen LogP contribution in [0.1, 0.15) is 0 Å². The number of nitrogens with zero attached hydrogens (tertiary/aromatic N) is 30. The van der Waals surface area contributed by atoms with Crippen LogP contribution in [0.3, 0.4) is 0 Å². The molecule has 0 unspecified atom stereocenters. The van der Waals surface area contributed by atoms with Crippen LogP contribution in [0.25, 0.3) is 94.0 Å². The quantitative estimate of drug-likeness (QED) is 0.0720. The molecular formula is C15H18N30O3.